The molecule has 0 saturated heterocycles. The van der Waals surface area contributed by atoms with Crippen molar-refractivity contribution in [2.75, 3.05) is 6.66 Å². The van der Waals surface area contributed by atoms with E-state index in [4.69, 9.17) is 4.89 Å². The highest BCUT2D eigenvalue weighted by atomic mass is 31.2. The molecule has 0 aliphatic rings. The smallest absolute Gasteiger partial charge is 0.261 e. The Morgan fingerprint density at radius 3 is 1.89 bits per heavy atom. The van der Waals surface area contributed by atoms with Crippen LogP contribution in [0.25, 0.3) is 0 Å². The van der Waals surface area contributed by atoms with Crippen molar-refractivity contribution < 1.29 is 14.3 Å². The molecule has 1 N–H and O–H groups in total. The maximum Gasteiger partial charge on any atom is 0.261 e. The van der Waals surface area contributed by atoms with Gasteiger partial charge in [0.15, 0.2) is 0 Å². The molecule has 3 nitrogen and oxygen atoms in total. The first-order chi connectivity index (χ1) is 3.85. The average Bonchev–Trinajstić information content (AvgIpc) is 1.62. The van der Waals surface area contributed by atoms with Crippen LogP contribution in [0.1, 0.15) is 13.8 Å². The number of carbonyl (C=O) groups excluding carboxylic acids is 1. The Morgan fingerprint density at radius 1 is 1.56 bits per heavy atom. The van der Waals surface area contributed by atoms with Gasteiger partial charge < -0.3 is 4.89 Å². The summed E-state index contributed by atoms with van der Waals surface area (Å²) in [5, 5.41) is 0. The predicted octanol–water partition coefficient (Wildman–Crippen LogP) is 1.07. The monoisotopic (exact) mass is 150 g/mol. The largest absolute Gasteiger partial charge is 0.339 e. The van der Waals surface area contributed by atoms with Gasteiger partial charge in [-0.15, -0.1) is 0 Å². The third-order valence-electron chi connectivity index (χ3n) is 0.903. The molecule has 54 valence electrons. The molecule has 4 heteroatoms. The predicted molar refractivity (Wildman–Crippen MR) is 35.6 cm³/mol. The second kappa shape index (κ2) is 2.63. The Bertz CT molecular complexity index is 156. The van der Waals surface area contributed by atoms with Crippen LogP contribution < -0.4 is 0 Å². The zero-order valence-corrected chi connectivity index (χ0v) is 6.68. The minimum absolute atomic E-state index is 0.342. The van der Waals surface area contributed by atoms with E-state index in [0.717, 1.165) is 6.66 Å². The van der Waals surface area contributed by atoms with Crippen LogP contribution in [0.4, 0.5) is 0 Å². The van der Waals surface area contributed by atoms with E-state index in [0.29, 0.717) is 0 Å². The number of hydrogen-bond acceptors (Lipinski definition) is 2. The molecule has 1 atom stereocenters. The molecule has 0 fully saturated rings. The molecular weight excluding hydrogens is 139 g/mol. The SMILES string of the molecule is CC(C)C(=O)P(C)(=O)O. The Hall–Kier alpha value is -0.140. The maximum absolute atomic E-state index is 10.7. The number of rotatable bonds is 2. The lowest BCUT2D eigenvalue weighted by atomic mass is 10.3. The van der Waals surface area contributed by atoms with Crippen LogP contribution in [0, 0.1) is 5.92 Å². The van der Waals surface area contributed by atoms with Crippen molar-refractivity contribution >= 4 is 12.9 Å². The van der Waals surface area contributed by atoms with Crippen molar-refractivity contribution in [1.82, 2.24) is 0 Å². The van der Waals surface area contributed by atoms with Gasteiger partial charge in [-0.1, -0.05) is 13.8 Å². The molecule has 0 radical (unpaired) electrons. The Kier molecular flexibility index (Phi) is 2.59. The van der Waals surface area contributed by atoms with E-state index in [-0.39, 0.29) is 5.92 Å². The highest BCUT2D eigenvalue weighted by molar-refractivity contribution is 7.74. The molecular formula is C5H11O3P. The highest BCUT2D eigenvalue weighted by Crippen LogP contribution is 2.38. The van der Waals surface area contributed by atoms with Gasteiger partial charge in [-0.2, -0.15) is 0 Å². The van der Waals surface area contributed by atoms with Crippen molar-refractivity contribution in [1.29, 1.82) is 0 Å². The summed E-state index contributed by atoms with van der Waals surface area (Å²) in [6, 6.07) is 0. The summed E-state index contributed by atoms with van der Waals surface area (Å²) in [6.45, 7) is 4.28. The molecule has 0 bridgehead atoms. The molecule has 1 unspecified atom stereocenters. The Morgan fingerprint density at radius 2 is 1.89 bits per heavy atom. The van der Waals surface area contributed by atoms with Crippen molar-refractivity contribution in [3.63, 3.8) is 0 Å². The quantitative estimate of drug-likeness (QED) is 0.599. The van der Waals surface area contributed by atoms with E-state index in [1.165, 1.54) is 0 Å². The second-order valence-electron chi connectivity index (χ2n) is 2.37. The van der Waals surface area contributed by atoms with Crippen LogP contribution >= 0.6 is 7.37 Å². The Balaban J connectivity index is 4.24. The van der Waals surface area contributed by atoms with Crippen molar-refractivity contribution in [3.8, 4) is 0 Å². The lowest BCUT2D eigenvalue weighted by Gasteiger charge is -2.05. The van der Waals surface area contributed by atoms with Gasteiger partial charge in [0.1, 0.15) is 0 Å². The zero-order chi connectivity index (χ0) is 7.65. The van der Waals surface area contributed by atoms with Gasteiger partial charge in [-0.3, -0.25) is 9.36 Å². The number of carbonyl (C=O) groups is 1. The summed E-state index contributed by atoms with van der Waals surface area (Å²) in [7, 11) is -3.45. The molecule has 0 aliphatic heterocycles. The van der Waals surface area contributed by atoms with Crippen LogP contribution in [0.5, 0.6) is 0 Å². The minimum atomic E-state index is -3.45. The van der Waals surface area contributed by atoms with E-state index in [2.05, 4.69) is 0 Å². The van der Waals surface area contributed by atoms with E-state index in [1.54, 1.807) is 13.8 Å². The van der Waals surface area contributed by atoms with Gasteiger partial charge in [0.05, 0.1) is 0 Å². The van der Waals surface area contributed by atoms with E-state index in [9.17, 15) is 9.36 Å². The fourth-order valence-corrected chi connectivity index (χ4v) is 1.44. The summed E-state index contributed by atoms with van der Waals surface area (Å²) in [6.07, 6.45) is 0. The summed E-state index contributed by atoms with van der Waals surface area (Å²) in [5.74, 6) is -0.342. The lowest BCUT2D eigenvalue weighted by molar-refractivity contribution is -0.115. The third kappa shape index (κ3) is 2.78. The van der Waals surface area contributed by atoms with E-state index >= 15 is 0 Å². The molecule has 0 aromatic carbocycles. The van der Waals surface area contributed by atoms with Crippen molar-refractivity contribution in [2.45, 2.75) is 13.8 Å². The first-order valence-electron chi connectivity index (χ1n) is 2.70. The van der Waals surface area contributed by atoms with Crippen LogP contribution in [0.15, 0.2) is 0 Å². The molecule has 9 heavy (non-hydrogen) atoms. The Labute approximate surface area is 54.5 Å². The molecule has 0 heterocycles. The molecule has 0 saturated carbocycles. The second-order valence-corrected chi connectivity index (χ2v) is 4.57. The standard InChI is InChI=1S/C5H11O3P/c1-4(2)5(6)9(3,7)8/h4H,1-3H3,(H,7,8). The summed E-state index contributed by atoms with van der Waals surface area (Å²) in [4.78, 5) is 19.3. The highest BCUT2D eigenvalue weighted by Gasteiger charge is 2.24. The summed E-state index contributed by atoms with van der Waals surface area (Å²) >= 11 is 0. The van der Waals surface area contributed by atoms with Crippen molar-refractivity contribution in [2.24, 2.45) is 5.92 Å². The molecule has 0 aliphatic carbocycles. The van der Waals surface area contributed by atoms with Crippen LogP contribution in [-0.4, -0.2) is 17.1 Å². The lowest BCUT2D eigenvalue weighted by Crippen LogP contribution is -2.05. The van der Waals surface area contributed by atoms with Crippen molar-refractivity contribution in [3.05, 3.63) is 0 Å². The summed E-state index contributed by atoms with van der Waals surface area (Å²) in [5.41, 5.74) is -0.553. The van der Waals surface area contributed by atoms with Crippen LogP contribution in [-0.2, 0) is 9.36 Å². The van der Waals surface area contributed by atoms with Crippen LogP contribution in [0.2, 0.25) is 0 Å². The van der Waals surface area contributed by atoms with Gasteiger partial charge in [0, 0.05) is 12.6 Å². The topological polar surface area (TPSA) is 54.4 Å². The van der Waals surface area contributed by atoms with Gasteiger partial charge >= 0.3 is 0 Å². The summed E-state index contributed by atoms with van der Waals surface area (Å²) < 4.78 is 10.6. The van der Waals surface area contributed by atoms with Gasteiger partial charge in [-0.05, 0) is 0 Å². The molecule has 0 rings (SSSR count). The van der Waals surface area contributed by atoms with Crippen LogP contribution in [0.3, 0.4) is 0 Å². The maximum atomic E-state index is 10.7. The first-order valence-corrected chi connectivity index (χ1v) is 4.81. The minimum Gasteiger partial charge on any atom is -0.339 e. The molecule has 0 amide bonds. The molecule has 0 spiro atoms. The average molecular weight is 150 g/mol. The molecule has 0 aromatic heterocycles. The fourth-order valence-electron chi connectivity index (χ4n) is 0.479. The molecule has 0 aromatic rings. The van der Waals surface area contributed by atoms with E-state index < -0.39 is 12.9 Å². The first kappa shape index (κ1) is 8.86. The van der Waals surface area contributed by atoms with Gasteiger partial charge in [-0.25, -0.2) is 0 Å². The van der Waals surface area contributed by atoms with Gasteiger partial charge in [0.2, 0.25) is 5.52 Å². The van der Waals surface area contributed by atoms with E-state index in [1.807, 2.05) is 0 Å². The number of hydrogen-bond donors (Lipinski definition) is 1. The van der Waals surface area contributed by atoms with Gasteiger partial charge in [0.25, 0.3) is 7.37 Å². The normalized spacial score (nSPS) is 17.4. The zero-order valence-electron chi connectivity index (χ0n) is 5.79. The third-order valence-corrected chi connectivity index (χ3v) is 2.24. The fraction of sp³-hybridized carbons (Fsp3) is 0.800.